The zero-order valence-electron chi connectivity index (χ0n) is 11.9. The molecule has 2 unspecified atom stereocenters. The molecule has 2 atom stereocenters. The van der Waals surface area contributed by atoms with E-state index < -0.39 is 5.97 Å². The van der Waals surface area contributed by atoms with Gasteiger partial charge < -0.3 is 19.7 Å². The number of hydrogen-bond acceptors (Lipinski definition) is 4. The summed E-state index contributed by atoms with van der Waals surface area (Å²) in [7, 11) is 0. The van der Waals surface area contributed by atoms with Gasteiger partial charge in [0.1, 0.15) is 5.76 Å². The maximum Gasteiger partial charge on any atom is 0.371 e. The predicted molar refractivity (Wildman–Crippen MR) is 74.9 cm³/mol. The van der Waals surface area contributed by atoms with E-state index in [1.807, 2.05) is 6.92 Å². The van der Waals surface area contributed by atoms with Crippen LogP contribution in [0.25, 0.3) is 0 Å². The minimum absolute atomic E-state index is 0.0323. The monoisotopic (exact) mass is 278 g/mol. The van der Waals surface area contributed by atoms with Gasteiger partial charge in [0.25, 0.3) is 0 Å². The molecule has 1 aromatic heterocycles. The lowest BCUT2D eigenvalue weighted by molar-refractivity contribution is 0.0661. The van der Waals surface area contributed by atoms with Crippen LogP contribution in [0.3, 0.4) is 0 Å². The van der Waals surface area contributed by atoms with Crippen molar-refractivity contribution in [3.8, 4) is 0 Å². The number of piperidine rings is 1. The fourth-order valence-corrected chi connectivity index (χ4v) is 3.46. The van der Waals surface area contributed by atoms with Crippen molar-refractivity contribution in [1.29, 1.82) is 0 Å². The largest absolute Gasteiger partial charge is 0.475 e. The second-order valence-electron chi connectivity index (χ2n) is 5.93. The Balaban J connectivity index is 1.55. The molecule has 110 valence electrons. The van der Waals surface area contributed by atoms with Crippen LogP contribution in [0.1, 0.15) is 47.6 Å². The molecule has 5 nitrogen and oxygen atoms in total. The number of hydrogen-bond donors (Lipinski definition) is 2. The number of rotatable bonds is 4. The number of aromatic carboxylic acids is 1. The van der Waals surface area contributed by atoms with E-state index in [0.717, 1.165) is 11.6 Å². The molecule has 0 aliphatic carbocycles. The molecule has 3 heterocycles. The molecule has 0 spiro atoms. The van der Waals surface area contributed by atoms with Crippen molar-refractivity contribution >= 4 is 5.97 Å². The number of nitrogens with zero attached hydrogens (tertiary/aromatic N) is 1. The molecular formula is C15H22N2O3. The summed E-state index contributed by atoms with van der Waals surface area (Å²) in [4.78, 5) is 13.5. The van der Waals surface area contributed by atoms with Gasteiger partial charge in [-0.3, -0.25) is 0 Å². The summed E-state index contributed by atoms with van der Waals surface area (Å²) in [5.41, 5.74) is 0.955. The van der Waals surface area contributed by atoms with E-state index in [2.05, 4.69) is 10.2 Å². The van der Waals surface area contributed by atoms with Gasteiger partial charge >= 0.3 is 5.97 Å². The fraction of sp³-hybridized carbons (Fsp3) is 0.667. The number of fused-ring (bicyclic) bond motifs is 1. The van der Waals surface area contributed by atoms with Crippen LogP contribution >= 0.6 is 0 Å². The summed E-state index contributed by atoms with van der Waals surface area (Å²) in [6.07, 6.45) is 5.05. The highest BCUT2D eigenvalue weighted by Crippen LogP contribution is 2.27. The highest BCUT2D eigenvalue weighted by Gasteiger charge is 2.31. The topological polar surface area (TPSA) is 65.7 Å². The second kappa shape index (κ2) is 5.58. The summed E-state index contributed by atoms with van der Waals surface area (Å²) in [6.45, 7) is 4.97. The van der Waals surface area contributed by atoms with Gasteiger partial charge in [0.2, 0.25) is 5.76 Å². The number of furan rings is 1. The van der Waals surface area contributed by atoms with Crippen molar-refractivity contribution in [2.75, 3.05) is 13.1 Å². The highest BCUT2D eigenvalue weighted by atomic mass is 16.4. The summed E-state index contributed by atoms with van der Waals surface area (Å²) in [5, 5.41) is 12.5. The molecule has 2 fully saturated rings. The first kappa shape index (κ1) is 13.6. The van der Waals surface area contributed by atoms with Crippen molar-refractivity contribution in [3.63, 3.8) is 0 Å². The Kier molecular flexibility index (Phi) is 3.81. The van der Waals surface area contributed by atoms with Gasteiger partial charge in [-0.25, -0.2) is 4.79 Å². The third-order valence-electron chi connectivity index (χ3n) is 4.63. The van der Waals surface area contributed by atoms with Gasteiger partial charge in [-0.2, -0.15) is 0 Å². The maximum absolute atomic E-state index is 10.9. The van der Waals surface area contributed by atoms with Crippen molar-refractivity contribution in [2.24, 2.45) is 0 Å². The molecule has 0 aromatic carbocycles. The molecule has 20 heavy (non-hydrogen) atoms. The molecule has 0 amide bonds. The van der Waals surface area contributed by atoms with Crippen LogP contribution in [-0.2, 0) is 6.54 Å². The Morgan fingerprint density at radius 3 is 3.10 bits per heavy atom. The molecule has 3 rings (SSSR count). The quantitative estimate of drug-likeness (QED) is 0.882. The van der Waals surface area contributed by atoms with Gasteiger partial charge in [-0.1, -0.05) is 0 Å². The van der Waals surface area contributed by atoms with Gasteiger partial charge in [-0.15, -0.1) is 0 Å². The summed E-state index contributed by atoms with van der Waals surface area (Å²) in [5.74, 6) is -0.267. The average molecular weight is 278 g/mol. The summed E-state index contributed by atoms with van der Waals surface area (Å²) < 4.78 is 5.24. The van der Waals surface area contributed by atoms with Crippen molar-refractivity contribution in [3.05, 3.63) is 23.2 Å². The van der Waals surface area contributed by atoms with E-state index in [4.69, 9.17) is 9.52 Å². The Morgan fingerprint density at radius 2 is 2.35 bits per heavy atom. The Morgan fingerprint density at radius 1 is 1.50 bits per heavy atom. The number of aryl methyl sites for hydroxylation is 1. The normalized spacial score (nSPS) is 26.6. The van der Waals surface area contributed by atoms with Gasteiger partial charge in [-0.05, 0) is 51.8 Å². The lowest BCUT2D eigenvalue weighted by atomic mass is 9.97. The van der Waals surface area contributed by atoms with Crippen LogP contribution in [0.5, 0.6) is 0 Å². The van der Waals surface area contributed by atoms with Gasteiger partial charge in [0.15, 0.2) is 0 Å². The van der Waals surface area contributed by atoms with Crippen molar-refractivity contribution in [2.45, 2.75) is 51.2 Å². The zero-order valence-corrected chi connectivity index (χ0v) is 11.9. The molecule has 0 bridgehead atoms. The van der Waals surface area contributed by atoms with E-state index in [9.17, 15) is 4.79 Å². The van der Waals surface area contributed by atoms with Crippen molar-refractivity contribution in [1.82, 2.24) is 10.2 Å². The lowest BCUT2D eigenvalue weighted by Gasteiger charge is -2.35. The number of carboxylic acids is 1. The third kappa shape index (κ3) is 2.74. The van der Waals surface area contributed by atoms with E-state index in [1.54, 1.807) is 6.07 Å². The molecule has 0 radical (unpaired) electrons. The predicted octanol–water partition coefficient (Wildman–Crippen LogP) is 2.00. The molecule has 1 aromatic rings. The van der Waals surface area contributed by atoms with E-state index in [1.165, 1.54) is 38.8 Å². The molecule has 2 N–H and O–H groups in total. The van der Waals surface area contributed by atoms with Crippen LogP contribution in [0.2, 0.25) is 0 Å². The second-order valence-corrected chi connectivity index (χ2v) is 5.93. The Hall–Kier alpha value is -1.33. The number of nitrogens with one attached hydrogen (secondary N) is 1. The summed E-state index contributed by atoms with van der Waals surface area (Å²) >= 11 is 0. The standard InChI is InChI=1S/C15H22N2O3/c1-10-11(7-14(20-10)15(18)19)9-16-12-4-6-17-5-2-3-13(17)8-12/h7,12-13,16H,2-6,8-9H2,1H3,(H,18,19). The third-order valence-corrected chi connectivity index (χ3v) is 4.63. The van der Waals surface area contributed by atoms with E-state index in [0.29, 0.717) is 18.3 Å². The Bertz CT molecular complexity index is 497. The zero-order chi connectivity index (χ0) is 14.1. The number of carbonyl (C=O) groups is 1. The molecule has 2 saturated heterocycles. The molecule has 2 aliphatic heterocycles. The number of carboxylic acid groups (broad SMARTS) is 1. The van der Waals surface area contributed by atoms with Gasteiger partial charge in [0.05, 0.1) is 0 Å². The first-order valence-electron chi connectivity index (χ1n) is 7.43. The lowest BCUT2D eigenvalue weighted by Crippen LogP contribution is -2.45. The first-order valence-corrected chi connectivity index (χ1v) is 7.43. The van der Waals surface area contributed by atoms with E-state index in [-0.39, 0.29) is 5.76 Å². The SMILES string of the molecule is Cc1oc(C(=O)O)cc1CNC1CCN2CCCC2C1. The molecule has 2 aliphatic rings. The summed E-state index contributed by atoms with van der Waals surface area (Å²) in [6, 6.07) is 2.92. The Labute approximate surface area is 118 Å². The molecular weight excluding hydrogens is 256 g/mol. The van der Waals surface area contributed by atoms with Crippen LogP contribution in [0, 0.1) is 6.92 Å². The van der Waals surface area contributed by atoms with Crippen molar-refractivity contribution < 1.29 is 14.3 Å². The van der Waals surface area contributed by atoms with Gasteiger partial charge in [0, 0.05) is 24.2 Å². The highest BCUT2D eigenvalue weighted by molar-refractivity contribution is 5.84. The molecule has 5 heteroatoms. The first-order chi connectivity index (χ1) is 9.63. The maximum atomic E-state index is 10.9. The van der Waals surface area contributed by atoms with E-state index >= 15 is 0 Å². The average Bonchev–Trinajstić information content (AvgIpc) is 3.02. The van der Waals surface area contributed by atoms with Crippen LogP contribution < -0.4 is 5.32 Å². The van der Waals surface area contributed by atoms with Crippen LogP contribution in [0.4, 0.5) is 0 Å². The van der Waals surface area contributed by atoms with Crippen LogP contribution in [0.15, 0.2) is 10.5 Å². The van der Waals surface area contributed by atoms with Crippen LogP contribution in [-0.4, -0.2) is 41.1 Å². The minimum Gasteiger partial charge on any atom is -0.475 e. The smallest absolute Gasteiger partial charge is 0.371 e. The fourth-order valence-electron chi connectivity index (χ4n) is 3.46. The minimum atomic E-state index is -1.00. The molecule has 0 saturated carbocycles.